The zero-order valence-corrected chi connectivity index (χ0v) is 16.3. The van der Waals surface area contributed by atoms with Crippen molar-refractivity contribution in [1.82, 2.24) is 4.90 Å². The number of aliphatic carboxylic acids is 1. The van der Waals surface area contributed by atoms with Crippen LogP contribution in [0.15, 0.2) is 12.1 Å². The highest BCUT2D eigenvalue weighted by Gasteiger charge is 2.54. The molecule has 2 fully saturated rings. The van der Waals surface area contributed by atoms with E-state index in [-0.39, 0.29) is 40.8 Å². The summed E-state index contributed by atoms with van der Waals surface area (Å²) in [6, 6.07) is 3.01. The number of hydrogen-bond acceptors (Lipinski definition) is 3. The van der Waals surface area contributed by atoms with Gasteiger partial charge in [-0.3, -0.25) is 14.5 Å². The SMILES string of the molecule is Cl.O=C(CN1C[C@@H]2CCC[C@@]2(C(=O)O)C1)Nc1c(Cl)cc(Cl)cc1Cl. The van der Waals surface area contributed by atoms with E-state index in [1.54, 1.807) is 0 Å². The maximum absolute atomic E-state index is 12.3. The van der Waals surface area contributed by atoms with Gasteiger partial charge in [-0.15, -0.1) is 12.4 Å². The Balaban J connectivity index is 0.00000225. The number of anilines is 1. The third-order valence-corrected chi connectivity index (χ3v) is 5.82. The molecule has 2 aliphatic rings. The van der Waals surface area contributed by atoms with Crippen LogP contribution in [-0.4, -0.2) is 41.5 Å². The Morgan fingerprint density at radius 3 is 2.48 bits per heavy atom. The molecule has 0 radical (unpaired) electrons. The van der Waals surface area contributed by atoms with Crippen LogP contribution in [0, 0.1) is 11.3 Å². The minimum Gasteiger partial charge on any atom is -0.481 e. The summed E-state index contributed by atoms with van der Waals surface area (Å²) < 4.78 is 0. The number of carbonyl (C=O) groups excluding carboxylic acids is 1. The van der Waals surface area contributed by atoms with Crippen LogP contribution in [-0.2, 0) is 9.59 Å². The number of amides is 1. The average Bonchev–Trinajstić information content (AvgIpc) is 3.00. The summed E-state index contributed by atoms with van der Waals surface area (Å²) in [7, 11) is 0. The highest BCUT2D eigenvalue weighted by molar-refractivity contribution is 6.42. The Bertz CT molecular complexity index is 677. The fourth-order valence-electron chi connectivity index (χ4n) is 3.91. The van der Waals surface area contributed by atoms with Gasteiger partial charge in [-0.05, 0) is 30.9 Å². The van der Waals surface area contributed by atoms with Crippen molar-refractivity contribution in [3.63, 3.8) is 0 Å². The molecule has 1 aromatic carbocycles. The maximum Gasteiger partial charge on any atom is 0.311 e. The topological polar surface area (TPSA) is 69.6 Å². The van der Waals surface area contributed by atoms with E-state index in [4.69, 9.17) is 34.8 Å². The van der Waals surface area contributed by atoms with Gasteiger partial charge >= 0.3 is 5.97 Å². The normalized spacial score (nSPS) is 25.3. The molecule has 0 unspecified atom stereocenters. The lowest BCUT2D eigenvalue weighted by atomic mass is 9.81. The second kappa shape index (κ2) is 7.89. The van der Waals surface area contributed by atoms with E-state index >= 15 is 0 Å². The summed E-state index contributed by atoms with van der Waals surface area (Å²) in [6.45, 7) is 1.14. The van der Waals surface area contributed by atoms with E-state index in [1.807, 2.05) is 4.90 Å². The van der Waals surface area contributed by atoms with E-state index in [0.29, 0.717) is 30.2 Å². The first-order valence-electron chi connectivity index (χ1n) is 7.72. The Kier molecular flexibility index (Phi) is 6.50. The summed E-state index contributed by atoms with van der Waals surface area (Å²) in [5.74, 6) is -0.913. The predicted octanol–water partition coefficient (Wildman–Crippen LogP) is 4.19. The lowest BCUT2D eigenvalue weighted by Crippen LogP contribution is -2.37. The lowest BCUT2D eigenvalue weighted by molar-refractivity contribution is -0.149. The Labute approximate surface area is 167 Å². The van der Waals surface area contributed by atoms with Crippen molar-refractivity contribution in [3.8, 4) is 0 Å². The minimum atomic E-state index is -0.753. The monoisotopic (exact) mass is 426 g/mol. The Morgan fingerprint density at radius 2 is 1.92 bits per heavy atom. The van der Waals surface area contributed by atoms with Crippen molar-refractivity contribution >= 4 is 64.8 Å². The summed E-state index contributed by atoms with van der Waals surface area (Å²) in [6.07, 6.45) is 2.52. The predicted molar refractivity (Wildman–Crippen MR) is 101 cm³/mol. The van der Waals surface area contributed by atoms with Crippen LogP contribution in [0.2, 0.25) is 15.1 Å². The van der Waals surface area contributed by atoms with Gasteiger partial charge in [0.25, 0.3) is 0 Å². The van der Waals surface area contributed by atoms with Gasteiger partial charge in [0.05, 0.1) is 27.7 Å². The molecule has 0 spiro atoms. The molecular formula is C16H18Cl4N2O3. The fraction of sp³-hybridized carbons (Fsp3) is 0.500. The zero-order chi connectivity index (χ0) is 17.5. The highest BCUT2D eigenvalue weighted by atomic mass is 35.5. The van der Waals surface area contributed by atoms with Gasteiger partial charge in [0.2, 0.25) is 5.91 Å². The molecule has 3 rings (SSSR count). The molecule has 1 saturated carbocycles. The first kappa shape index (κ1) is 20.6. The van der Waals surface area contributed by atoms with Crippen LogP contribution in [0.3, 0.4) is 0 Å². The van der Waals surface area contributed by atoms with Crippen LogP contribution in [0.4, 0.5) is 5.69 Å². The number of likely N-dealkylation sites (tertiary alicyclic amines) is 1. The van der Waals surface area contributed by atoms with Gasteiger partial charge in [-0.1, -0.05) is 41.2 Å². The number of hydrogen-bond donors (Lipinski definition) is 2. The van der Waals surface area contributed by atoms with Gasteiger partial charge in [0.1, 0.15) is 0 Å². The van der Waals surface area contributed by atoms with Gasteiger partial charge in [-0.25, -0.2) is 0 Å². The molecule has 25 heavy (non-hydrogen) atoms. The molecule has 0 aromatic heterocycles. The van der Waals surface area contributed by atoms with Gasteiger partial charge in [0.15, 0.2) is 0 Å². The van der Waals surface area contributed by atoms with Crippen molar-refractivity contribution in [3.05, 3.63) is 27.2 Å². The third kappa shape index (κ3) is 4.01. The van der Waals surface area contributed by atoms with E-state index < -0.39 is 11.4 Å². The molecule has 1 saturated heterocycles. The van der Waals surface area contributed by atoms with Gasteiger partial charge < -0.3 is 10.4 Å². The number of nitrogens with one attached hydrogen (secondary N) is 1. The number of benzene rings is 1. The van der Waals surface area contributed by atoms with Crippen molar-refractivity contribution in [2.75, 3.05) is 25.0 Å². The second-order valence-corrected chi connectivity index (χ2v) is 7.76. The first-order valence-corrected chi connectivity index (χ1v) is 8.85. The van der Waals surface area contributed by atoms with E-state index in [2.05, 4.69) is 5.32 Å². The average molecular weight is 428 g/mol. The summed E-state index contributed by atoms with van der Waals surface area (Å²) in [5, 5.41) is 13.2. The molecule has 1 amide bonds. The first-order chi connectivity index (χ1) is 11.3. The number of carbonyl (C=O) groups is 2. The maximum atomic E-state index is 12.3. The minimum absolute atomic E-state index is 0. The van der Waals surface area contributed by atoms with Crippen LogP contribution < -0.4 is 5.32 Å². The number of rotatable bonds is 4. The Hall–Kier alpha value is -0.720. The molecular weight excluding hydrogens is 410 g/mol. The molecule has 1 aliphatic carbocycles. The molecule has 1 aromatic rings. The highest BCUT2D eigenvalue weighted by Crippen LogP contribution is 2.48. The van der Waals surface area contributed by atoms with Crippen molar-refractivity contribution in [2.45, 2.75) is 19.3 Å². The molecule has 1 heterocycles. The quantitative estimate of drug-likeness (QED) is 0.755. The third-order valence-electron chi connectivity index (χ3n) is 5.01. The van der Waals surface area contributed by atoms with Crippen LogP contribution >= 0.6 is 47.2 Å². The van der Waals surface area contributed by atoms with Crippen molar-refractivity contribution in [1.29, 1.82) is 0 Å². The molecule has 9 heteroatoms. The van der Waals surface area contributed by atoms with Gasteiger partial charge in [0, 0.05) is 18.1 Å². The summed E-state index contributed by atoms with van der Waals surface area (Å²) >= 11 is 18.0. The van der Waals surface area contributed by atoms with Crippen molar-refractivity contribution < 1.29 is 14.7 Å². The fourth-order valence-corrected chi connectivity index (χ4v) is 4.82. The van der Waals surface area contributed by atoms with Crippen LogP contribution in [0.25, 0.3) is 0 Å². The van der Waals surface area contributed by atoms with Crippen LogP contribution in [0.1, 0.15) is 19.3 Å². The van der Waals surface area contributed by atoms with E-state index in [9.17, 15) is 14.7 Å². The smallest absolute Gasteiger partial charge is 0.311 e. The van der Waals surface area contributed by atoms with Crippen LogP contribution in [0.5, 0.6) is 0 Å². The van der Waals surface area contributed by atoms with E-state index in [1.165, 1.54) is 12.1 Å². The standard InChI is InChI=1S/C16H17Cl3N2O3.ClH/c17-10-4-11(18)14(12(19)5-10)20-13(22)7-21-6-9-2-1-3-16(9,8-21)15(23)24;/h4-5,9H,1-3,6-8H2,(H,20,22)(H,23,24);1H/t9-,16+;/m0./s1. The second-order valence-electron chi connectivity index (χ2n) is 6.51. The number of fused-ring (bicyclic) bond motifs is 1. The number of carboxylic acid groups (broad SMARTS) is 1. The molecule has 1 aliphatic heterocycles. The Morgan fingerprint density at radius 1 is 1.28 bits per heavy atom. The molecule has 5 nitrogen and oxygen atoms in total. The van der Waals surface area contributed by atoms with E-state index in [0.717, 1.165) is 12.8 Å². The summed E-state index contributed by atoms with van der Waals surface area (Å²) in [4.78, 5) is 25.9. The van der Waals surface area contributed by atoms with Gasteiger partial charge in [-0.2, -0.15) is 0 Å². The lowest BCUT2D eigenvalue weighted by Gasteiger charge is -2.23. The number of carboxylic acids is 1. The number of halogens is 4. The number of nitrogens with zero attached hydrogens (tertiary/aromatic N) is 1. The summed E-state index contributed by atoms with van der Waals surface area (Å²) in [5.41, 5.74) is -0.379. The molecule has 2 N–H and O–H groups in total. The van der Waals surface area contributed by atoms with Crippen molar-refractivity contribution in [2.24, 2.45) is 11.3 Å². The molecule has 0 bridgehead atoms. The molecule has 2 atom stereocenters. The largest absolute Gasteiger partial charge is 0.481 e. The molecule has 138 valence electrons. The zero-order valence-electron chi connectivity index (χ0n) is 13.2.